The van der Waals surface area contributed by atoms with Crippen LogP contribution in [0.15, 0.2) is 64.2 Å². The molecule has 3 aromatic rings. The normalized spacial score (nSPS) is 15.6. The molecule has 1 fully saturated rings. The Labute approximate surface area is 191 Å². The van der Waals surface area contributed by atoms with Crippen LogP contribution in [0.4, 0.5) is 5.82 Å². The second-order valence-electron chi connectivity index (χ2n) is 8.23. The maximum absolute atomic E-state index is 13.6. The van der Waals surface area contributed by atoms with Crippen molar-refractivity contribution in [2.45, 2.75) is 32.0 Å². The molecular formula is C25H24N6O2. The highest BCUT2D eigenvalue weighted by molar-refractivity contribution is 5.43. The number of hydrogen-bond donors (Lipinski definition) is 1. The first-order valence-electron chi connectivity index (χ1n) is 10.8. The zero-order chi connectivity index (χ0) is 23.4. The molecule has 33 heavy (non-hydrogen) atoms. The van der Waals surface area contributed by atoms with E-state index in [0.29, 0.717) is 41.2 Å². The van der Waals surface area contributed by atoms with E-state index < -0.39 is 11.2 Å². The van der Waals surface area contributed by atoms with Crippen LogP contribution in [0.2, 0.25) is 0 Å². The first-order valence-corrected chi connectivity index (χ1v) is 10.8. The number of benzene rings is 2. The molecule has 1 atom stereocenters. The lowest BCUT2D eigenvalue weighted by molar-refractivity contribution is 0.490. The third kappa shape index (κ3) is 4.72. The summed E-state index contributed by atoms with van der Waals surface area (Å²) in [5, 5.41) is 18.7. The molecule has 0 saturated carbocycles. The molecule has 8 nitrogen and oxygen atoms in total. The van der Waals surface area contributed by atoms with Crippen LogP contribution in [-0.2, 0) is 13.1 Å². The van der Waals surface area contributed by atoms with E-state index in [1.807, 2.05) is 17.0 Å². The van der Waals surface area contributed by atoms with Gasteiger partial charge in [-0.15, -0.1) is 0 Å². The largest absolute Gasteiger partial charge is 0.356 e. The van der Waals surface area contributed by atoms with Gasteiger partial charge in [-0.3, -0.25) is 13.9 Å². The summed E-state index contributed by atoms with van der Waals surface area (Å²) in [6, 6.07) is 19.6. The van der Waals surface area contributed by atoms with Gasteiger partial charge in [0.15, 0.2) is 0 Å². The molecule has 2 N–H and O–H groups in total. The smallest absolute Gasteiger partial charge is 0.333 e. The van der Waals surface area contributed by atoms with Crippen molar-refractivity contribution < 1.29 is 0 Å². The molecule has 1 saturated heterocycles. The molecule has 0 aliphatic carbocycles. The fourth-order valence-corrected chi connectivity index (χ4v) is 4.24. The van der Waals surface area contributed by atoms with Gasteiger partial charge in [-0.05, 0) is 42.2 Å². The van der Waals surface area contributed by atoms with Gasteiger partial charge in [-0.2, -0.15) is 10.5 Å². The van der Waals surface area contributed by atoms with Gasteiger partial charge < -0.3 is 10.6 Å². The predicted molar refractivity (Wildman–Crippen MR) is 125 cm³/mol. The van der Waals surface area contributed by atoms with Crippen LogP contribution >= 0.6 is 0 Å². The van der Waals surface area contributed by atoms with Gasteiger partial charge in [0.05, 0.1) is 36.4 Å². The van der Waals surface area contributed by atoms with Gasteiger partial charge in [-0.1, -0.05) is 30.3 Å². The topological polar surface area (TPSA) is 121 Å². The molecule has 1 aliphatic rings. The summed E-state index contributed by atoms with van der Waals surface area (Å²) < 4.78 is 2.71. The summed E-state index contributed by atoms with van der Waals surface area (Å²) >= 11 is 0. The average Bonchev–Trinajstić information content (AvgIpc) is 2.83. The van der Waals surface area contributed by atoms with Crippen LogP contribution in [0, 0.1) is 22.7 Å². The van der Waals surface area contributed by atoms with Crippen molar-refractivity contribution in [3.05, 3.63) is 97.7 Å². The molecule has 4 rings (SSSR count). The lowest BCUT2D eigenvalue weighted by Gasteiger charge is -2.34. The minimum absolute atomic E-state index is 0.0372. The number of nitriles is 2. The highest BCUT2D eigenvalue weighted by atomic mass is 16.2. The minimum Gasteiger partial charge on any atom is -0.356 e. The summed E-state index contributed by atoms with van der Waals surface area (Å²) in [4.78, 5) is 28.6. The molecule has 0 unspecified atom stereocenters. The molecule has 0 spiro atoms. The highest BCUT2D eigenvalue weighted by Gasteiger charge is 2.22. The van der Waals surface area contributed by atoms with Gasteiger partial charge in [0, 0.05) is 25.2 Å². The average molecular weight is 441 g/mol. The van der Waals surface area contributed by atoms with E-state index in [9.17, 15) is 20.1 Å². The Morgan fingerprint density at radius 3 is 2.55 bits per heavy atom. The Morgan fingerprint density at radius 2 is 1.79 bits per heavy atom. The van der Waals surface area contributed by atoms with E-state index >= 15 is 0 Å². The maximum atomic E-state index is 13.6. The fraction of sp³-hybridized carbons (Fsp3) is 0.280. The fourth-order valence-electron chi connectivity index (χ4n) is 4.24. The van der Waals surface area contributed by atoms with Crippen LogP contribution in [0.1, 0.15) is 35.1 Å². The Balaban J connectivity index is 1.84. The first-order chi connectivity index (χ1) is 16.0. The van der Waals surface area contributed by atoms with E-state index in [4.69, 9.17) is 5.73 Å². The molecule has 1 aromatic heterocycles. The summed E-state index contributed by atoms with van der Waals surface area (Å²) in [5.74, 6) is 0.509. The minimum atomic E-state index is -0.466. The van der Waals surface area contributed by atoms with Crippen molar-refractivity contribution in [2.24, 2.45) is 5.73 Å². The summed E-state index contributed by atoms with van der Waals surface area (Å²) in [6.07, 6.45) is 1.76. The summed E-state index contributed by atoms with van der Waals surface area (Å²) in [5.41, 5.74) is 7.60. The zero-order valence-electron chi connectivity index (χ0n) is 18.1. The second kappa shape index (κ2) is 9.56. The van der Waals surface area contributed by atoms with Gasteiger partial charge in [0.1, 0.15) is 5.82 Å². The summed E-state index contributed by atoms with van der Waals surface area (Å²) in [6.45, 7) is 1.45. The molecule has 2 heterocycles. The number of hydrogen-bond acceptors (Lipinski definition) is 6. The lowest BCUT2D eigenvalue weighted by Crippen LogP contribution is -2.48. The quantitative estimate of drug-likeness (QED) is 0.646. The number of aromatic nitrogens is 2. The Kier molecular flexibility index (Phi) is 6.39. The number of nitrogens with two attached hydrogens (primary N) is 1. The Hall–Kier alpha value is -4.14. The van der Waals surface area contributed by atoms with Crippen LogP contribution in [-0.4, -0.2) is 28.3 Å². The molecule has 8 heteroatoms. The van der Waals surface area contributed by atoms with E-state index in [-0.39, 0.29) is 19.1 Å². The van der Waals surface area contributed by atoms with Gasteiger partial charge in [0.25, 0.3) is 5.56 Å². The number of piperidine rings is 1. The van der Waals surface area contributed by atoms with E-state index in [1.54, 1.807) is 41.0 Å². The molecule has 1 aliphatic heterocycles. The summed E-state index contributed by atoms with van der Waals surface area (Å²) in [7, 11) is 0. The molecule has 0 radical (unpaired) electrons. The zero-order valence-corrected chi connectivity index (χ0v) is 18.1. The van der Waals surface area contributed by atoms with E-state index in [1.165, 1.54) is 10.6 Å². The second-order valence-corrected chi connectivity index (χ2v) is 8.23. The monoisotopic (exact) mass is 440 g/mol. The maximum Gasteiger partial charge on any atom is 0.333 e. The SMILES string of the molecule is N#Cc1cccc(Cn2c(=O)cc(N3CCC[C@@H](N)C3)n(Cc3ccccc3C#N)c2=O)c1. The predicted octanol–water partition coefficient (Wildman–Crippen LogP) is 1.78. The standard InChI is InChI=1S/C25H24N6O2/c26-13-18-5-3-6-19(11-18)15-31-24(32)12-23(29-10-4-9-22(28)17-29)30(25(31)33)16-21-8-2-1-7-20(21)14-27/h1-3,5-8,11-12,22H,4,9-10,15-17,28H2/t22-/m1/s1. The third-order valence-electron chi connectivity index (χ3n) is 5.90. The Morgan fingerprint density at radius 1 is 0.970 bits per heavy atom. The van der Waals surface area contributed by atoms with Crippen molar-refractivity contribution in [1.82, 2.24) is 9.13 Å². The number of rotatable bonds is 5. The van der Waals surface area contributed by atoms with E-state index in [2.05, 4.69) is 12.1 Å². The molecule has 166 valence electrons. The highest BCUT2D eigenvalue weighted by Crippen LogP contribution is 2.19. The van der Waals surface area contributed by atoms with Crippen molar-refractivity contribution in [3.63, 3.8) is 0 Å². The van der Waals surface area contributed by atoms with Gasteiger partial charge in [0.2, 0.25) is 0 Å². The van der Waals surface area contributed by atoms with Crippen LogP contribution < -0.4 is 21.9 Å². The number of anilines is 1. The van der Waals surface area contributed by atoms with Gasteiger partial charge >= 0.3 is 5.69 Å². The number of nitrogens with zero attached hydrogens (tertiary/aromatic N) is 5. The van der Waals surface area contributed by atoms with Gasteiger partial charge in [-0.25, -0.2) is 4.79 Å². The van der Waals surface area contributed by atoms with Crippen LogP contribution in [0.5, 0.6) is 0 Å². The molecule has 0 bridgehead atoms. The first kappa shape index (κ1) is 22.1. The van der Waals surface area contributed by atoms with Crippen molar-refractivity contribution in [3.8, 4) is 12.1 Å². The van der Waals surface area contributed by atoms with Crippen molar-refractivity contribution >= 4 is 5.82 Å². The molecule has 2 aromatic carbocycles. The Bertz CT molecular complexity index is 1380. The molecular weight excluding hydrogens is 416 g/mol. The lowest BCUT2D eigenvalue weighted by atomic mass is 10.1. The van der Waals surface area contributed by atoms with E-state index in [0.717, 1.165) is 12.8 Å². The van der Waals surface area contributed by atoms with Crippen LogP contribution in [0.3, 0.4) is 0 Å². The van der Waals surface area contributed by atoms with Crippen molar-refractivity contribution in [2.75, 3.05) is 18.0 Å². The van der Waals surface area contributed by atoms with Crippen molar-refractivity contribution in [1.29, 1.82) is 10.5 Å². The molecule has 0 amide bonds. The third-order valence-corrected chi connectivity index (χ3v) is 5.90. The van der Waals surface area contributed by atoms with Crippen LogP contribution in [0.25, 0.3) is 0 Å².